The van der Waals surface area contributed by atoms with E-state index in [-0.39, 0.29) is 12.4 Å². The van der Waals surface area contributed by atoms with Gasteiger partial charge in [-0.25, -0.2) is 4.39 Å². The molecule has 0 aliphatic carbocycles. The van der Waals surface area contributed by atoms with Crippen LogP contribution in [0.4, 0.5) is 4.39 Å². The number of ether oxygens (including phenoxy) is 1. The Morgan fingerprint density at radius 2 is 1.94 bits per heavy atom. The van der Waals surface area contributed by atoms with Crippen molar-refractivity contribution in [3.05, 3.63) is 65.5 Å². The van der Waals surface area contributed by atoms with Gasteiger partial charge in [-0.1, -0.05) is 30.3 Å². The van der Waals surface area contributed by atoms with Gasteiger partial charge in [-0.15, -0.1) is 0 Å². The molecule has 0 fully saturated rings. The van der Waals surface area contributed by atoms with E-state index >= 15 is 0 Å². The summed E-state index contributed by atoms with van der Waals surface area (Å²) in [6.45, 7) is 2.04. The molecule has 2 nitrogen and oxygen atoms in total. The summed E-state index contributed by atoms with van der Waals surface area (Å²) in [5.41, 5.74) is 1.52. The van der Waals surface area contributed by atoms with Crippen LogP contribution in [-0.4, -0.2) is 11.7 Å². The SMILES string of the molecule is Cc1ccccc1OCC(O)c1cccc(F)c1. The lowest BCUT2D eigenvalue weighted by Crippen LogP contribution is -2.10. The fourth-order valence-electron chi connectivity index (χ4n) is 1.70. The van der Waals surface area contributed by atoms with E-state index in [0.29, 0.717) is 5.56 Å². The van der Waals surface area contributed by atoms with Crippen LogP contribution in [0.15, 0.2) is 48.5 Å². The van der Waals surface area contributed by atoms with Crippen molar-refractivity contribution in [2.24, 2.45) is 0 Å². The topological polar surface area (TPSA) is 29.5 Å². The lowest BCUT2D eigenvalue weighted by molar-refractivity contribution is 0.107. The molecule has 0 saturated heterocycles. The molecule has 1 atom stereocenters. The van der Waals surface area contributed by atoms with Crippen LogP contribution in [0.1, 0.15) is 17.2 Å². The Balaban J connectivity index is 2.00. The first-order valence-corrected chi connectivity index (χ1v) is 5.79. The number of para-hydroxylation sites is 1. The molecule has 18 heavy (non-hydrogen) atoms. The van der Waals surface area contributed by atoms with Crippen LogP contribution in [0.25, 0.3) is 0 Å². The van der Waals surface area contributed by atoms with Crippen LogP contribution in [0.2, 0.25) is 0 Å². The average molecular weight is 246 g/mol. The van der Waals surface area contributed by atoms with Gasteiger partial charge >= 0.3 is 0 Å². The fourth-order valence-corrected chi connectivity index (χ4v) is 1.70. The van der Waals surface area contributed by atoms with Crippen molar-refractivity contribution in [1.82, 2.24) is 0 Å². The highest BCUT2D eigenvalue weighted by Gasteiger charge is 2.09. The van der Waals surface area contributed by atoms with Crippen molar-refractivity contribution in [1.29, 1.82) is 0 Å². The molecule has 0 radical (unpaired) electrons. The molecule has 0 aliphatic rings. The standard InChI is InChI=1S/C15H15FO2/c1-11-5-2-3-8-15(11)18-10-14(17)12-6-4-7-13(16)9-12/h2-9,14,17H,10H2,1H3. The maximum Gasteiger partial charge on any atom is 0.123 e. The summed E-state index contributed by atoms with van der Waals surface area (Å²) in [6.07, 6.45) is -0.833. The lowest BCUT2D eigenvalue weighted by atomic mass is 10.1. The zero-order chi connectivity index (χ0) is 13.0. The second kappa shape index (κ2) is 5.65. The molecule has 0 heterocycles. The number of rotatable bonds is 4. The largest absolute Gasteiger partial charge is 0.490 e. The summed E-state index contributed by atoms with van der Waals surface area (Å²) in [6, 6.07) is 13.5. The van der Waals surface area contributed by atoms with Gasteiger partial charge in [-0.05, 0) is 36.2 Å². The quantitative estimate of drug-likeness (QED) is 0.897. The zero-order valence-corrected chi connectivity index (χ0v) is 10.1. The van der Waals surface area contributed by atoms with Gasteiger partial charge in [0, 0.05) is 0 Å². The molecule has 0 aromatic heterocycles. The molecule has 0 bridgehead atoms. The molecular formula is C15H15FO2. The van der Waals surface area contributed by atoms with Gasteiger partial charge in [-0.3, -0.25) is 0 Å². The first kappa shape index (κ1) is 12.6. The van der Waals surface area contributed by atoms with E-state index in [2.05, 4.69) is 0 Å². The second-order valence-corrected chi connectivity index (χ2v) is 4.15. The Morgan fingerprint density at radius 3 is 2.67 bits per heavy atom. The maximum atomic E-state index is 13.0. The van der Waals surface area contributed by atoms with Crippen LogP contribution < -0.4 is 4.74 Å². The Hall–Kier alpha value is -1.87. The Morgan fingerprint density at radius 1 is 1.17 bits per heavy atom. The number of benzene rings is 2. The minimum absolute atomic E-state index is 0.105. The van der Waals surface area contributed by atoms with Gasteiger partial charge in [0.1, 0.15) is 24.3 Å². The van der Waals surface area contributed by atoms with E-state index in [0.717, 1.165) is 11.3 Å². The van der Waals surface area contributed by atoms with Crippen molar-refractivity contribution >= 4 is 0 Å². The van der Waals surface area contributed by atoms with E-state index < -0.39 is 6.10 Å². The molecule has 1 N–H and O–H groups in total. The van der Waals surface area contributed by atoms with Crippen LogP contribution in [0, 0.1) is 12.7 Å². The molecule has 2 aromatic rings. The van der Waals surface area contributed by atoms with Crippen molar-refractivity contribution in [2.45, 2.75) is 13.0 Å². The average Bonchev–Trinajstić information content (AvgIpc) is 2.37. The van der Waals surface area contributed by atoms with Gasteiger partial charge in [0.25, 0.3) is 0 Å². The predicted molar refractivity (Wildman–Crippen MR) is 68.0 cm³/mol. The summed E-state index contributed by atoms with van der Waals surface area (Å²) < 4.78 is 18.5. The molecule has 2 aromatic carbocycles. The smallest absolute Gasteiger partial charge is 0.123 e. The molecule has 0 amide bonds. The van der Waals surface area contributed by atoms with E-state index in [1.54, 1.807) is 12.1 Å². The Bertz CT molecular complexity index is 525. The van der Waals surface area contributed by atoms with Crippen molar-refractivity contribution < 1.29 is 14.2 Å². The highest BCUT2D eigenvalue weighted by Crippen LogP contribution is 2.20. The minimum Gasteiger partial charge on any atom is -0.490 e. The van der Waals surface area contributed by atoms with Crippen molar-refractivity contribution in [3.8, 4) is 5.75 Å². The third-order valence-corrected chi connectivity index (χ3v) is 2.72. The highest BCUT2D eigenvalue weighted by atomic mass is 19.1. The van der Waals surface area contributed by atoms with Gasteiger partial charge in [0.15, 0.2) is 0 Å². The molecule has 0 spiro atoms. The predicted octanol–water partition coefficient (Wildman–Crippen LogP) is 3.25. The molecule has 0 saturated carbocycles. The van der Waals surface area contributed by atoms with E-state index in [1.165, 1.54) is 12.1 Å². The number of aliphatic hydroxyl groups is 1. The number of hydrogen-bond acceptors (Lipinski definition) is 2. The van der Waals surface area contributed by atoms with Gasteiger partial charge < -0.3 is 9.84 Å². The lowest BCUT2D eigenvalue weighted by Gasteiger charge is -2.14. The second-order valence-electron chi connectivity index (χ2n) is 4.15. The molecule has 3 heteroatoms. The summed E-state index contributed by atoms with van der Waals surface area (Å²) in [5, 5.41) is 9.91. The van der Waals surface area contributed by atoms with Gasteiger partial charge in [0.05, 0.1) is 0 Å². The number of halogens is 1. The third-order valence-electron chi connectivity index (χ3n) is 2.72. The molecule has 2 rings (SSSR count). The summed E-state index contributed by atoms with van der Waals surface area (Å²) >= 11 is 0. The monoisotopic (exact) mass is 246 g/mol. The van der Waals surface area contributed by atoms with Crippen molar-refractivity contribution in [3.63, 3.8) is 0 Å². The molecular weight excluding hydrogens is 231 g/mol. The van der Waals surface area contributed by atoms with Crippen LogP contribution in [-0.2, 0) is 0 Å². The third kappa shape index (κ3) is 3.08. The van der Waals surface area contributed by atoms with Crippen LogP contribution >= 0.6 is 0 Å². The summed E-state index contributed by atoms with van der Waals surface area (Å²) in [7, 11) is 0. The zero-order valence-electron chi connectivity index (χ0n) is 10.1. The normalized spacial score (nSPS) is 12.2. The highest BCUT2D eigenvalue weighted by molar-refractivity contribution is 5.31. The summed E-state index contributed by atoms with van der Waals surface area (Å²) in [4.78, 5) is 0. The van der Waals surface area contributed by atoms with Crippen LogP contribution in [0.3, 0.4) is 0 Å². The molecule has 1 unspecified atom stereocenters. The molecule has 94 valence electrons. The van der Waals surface area contributed by atoms with E-state index in [9.17, 15) is 9.50 Å². The maximum absolute atomic E-state index is 13.0. The first-order chi connectivity index (χ1) is 8.66. The van der Waals surface area contributed by atoms with Gasteiger partial charge in [0.2, 0.25) is 0 Å². The van der Waals surface area contributed by atoms with E-state index in [4.69, 9.17) is 4.74 Å². The summed E-state index contributed by atoms with van der Waals surface area (Å²) in [5.74, 6) is 0.371. The molecule has 0 aliphatic heterocycles. The number of aryl methyl sites for hydroxylation is 1. The first-order valence-electron chi connectivity index (χ1n) is 5.79. The van der Waals surface area contributed by atoms with E-state index in [1.807, 2.05) is 31.2 Å². The van der Waals surface area contributed by atoms with Crippen LogP contribution in [0.5, 0.6) is 5.75 Å². The Kier molecular flexibility index (Phi) is 3.95. The number of aliphatic hydroxyl groups excluding tert-OH is 1. The fraction of sp³-hybridized carbons (Fsp3) is 0.200. The van der Waals surface area contributed by atoms with Gasteiger partial charge in [-0.2, -0.15) is 0 Å². The Labute approximate surface area is 106 Å². The number of hydrogen-bond donors (Lipinski definition) is 1. The minimum atomic E-state index is -0.833. The van der Waals surface area contributed by atoms with Crippen molar-refractivity contribution in [2.75, 3.05) is 6.61 Å².